The van der Waals surface area contributed by atoms with Gasteiger partial charge in [-0.15, -0.1) is 0 Å². The van der Waals surface area contributed by atoms with E-state index in [1.807, 2.05) is 19.1 Å². The van der Waals surface area contributed by atoms with E-state index in [1.54, 1.807) is 27.2 Å². The highest BCUT2D eigenvalue weighted by Gasteiger charge is 2.18. The number of carbonyl (C=O) groups excluding carboxylic acids is 2. The van der Waals surface area contributed by atoms with Crippen LogP contribution in [0.1, 0.15) is 21.5 Å². The summed E-state index contributed by atoms with van der Waals surface area (Å²) in [5.74, 6) is 5.30. The van der Waals surface area contributed by atoms with Crippen molar-refractivity contribution in [1.29, 1.82) is 0 Å². The standard InChI is InChI=1S/C16H21N3O2/c1-12-7-8-14(13(10-12)6-5-9-17)16(21)19(4)11-15(20)18(2)3/h7-8,10H,9,11,17H2,1-4H3. The highest BCUT2D eigenvalue weighted by molar-refractivity contribution is 5.98. The van der Waals surface area contributed by atoms with Gasteiger partial charge in [0.2, 0.25) is 5.91 Å². The van der Waals surface area contributed by atoms with Crippen LogP contribution >= 0.6 is 0 Å². The molecule has 0 aliphatic carbocycles. The van der Waals surface area contributed by atoms with Gasteiger partial charge in [0.1, 0.15) is 0 Å². The Hall–Kier alpha value is -2.32. The number of aryl methyl sites for hydroxylation is 1. The molecule has 112 valence electrons. The van der Waals surface area contributed by atoms with Crippen LogP contribution in [-0.2, 0) is 4.79 Å². The van der Waals surface area contributed by atoms with Gasteiger partial charge in [0.05, 0.1) is 18.7 Å². The fourth-order valence-corrected chi connectivity index (χ4v) is 1.72. The van der Waals surface area contributed by atoms with Crippen molar-refractivity contribution in [2.75, 3.05) is 34.2 Å². The predicted octanol–water partition coefficient (Wildman–Crippen LogP) is 0.465. The summed E-state index contributed by atoms with van der Waals surface area (Å²) in [7, 11) is 4.92. The zero-order chi connectivity index (χ0) is 16.0. The van der Waals surface area contributed by atoms with E-state index in [9.17, 15) is 9.59 Å². The van der Waals surface area contributed by atoms with Crippen molar-refractivity contribution in [2.45, 2.75) is 6.92 Å². The Morgan fingerprint density at radius 1 is 1.24 bits per heavy atom. The van der Waals surface area contributed by atoms with Crippen molar-refractivity contribution in [3.8, 4) is 11.8 Å². The molecule has 0 spiro atoms. The molecule has 1 aromatic rings. The monoisotopic (exact) mass is 287 g/mol. The quantitative estimate of drug-likeness (QED) is 0.822. The van der Waals surface area contributed by atoms with E-state index < -0.39 is 0 Å². The number of carbonyl (C=O) groups is 2. The van der Waals surface area contributed by atoms with Crippen molar-refractivity contribution >= 4 is 11.8 Å². The van der Waals surface area contributed by atoms with Gasteiger partial charge in [-0.3, -0.25) is 9.59 Å². The van der Waals surface area contributed by atoms with Crippen LogP contribution in [0.15, 0.2) is 18.2 Å². The summed E-state index contributed by atoms with van der Waals surface area (Å²) >= 11 is 0. The van der Waals surface area contributed by atoms with E-state index in [0.717, 1.165) is 5.56 Å². The predicted molar refractivity (Wildman–Crippen MR) is 82.8 cm³/mol. The summed E-state index contributed by atoms with van der Waals surface area (Å²) in [6.07, 6.45) is 0. The lowest BCUT2D eigenvalue weighted by Crippen LogP contribution is -2.38. The molecule has 0 saturated heterocycles. The number of hydrogen-bond donors (Lipinski definition) is 1. The molecular formula is C16H21N3O2. The van der Waals surface area contributed by atoms with Crippen LogP contribution in [0.5, 0.6) is 0 Å². The smallest absolute Gasteiger partial charge is 0.255 e. The first-order valence-corrected chi connectivity index (χ1v) is 6.62. The maximum absolute atomic E-state index is 12.5. The average molecular weight is 287 g/mol. The molecule has 0 unspecified atom stereocenters. The molecule has 21 heavy (non-hydrogen) atoms. The number of nitrogens with two attached hydrogens (primary N) is 1. The van der Waals surface area contributed by atoms with Crippen LogP contribution in [0.25, 0.3) is 0 Å². The Labute approximate surface area is 125 Å². The molecule has 0 aliphatic heterocycles. The first-order chi connectivity index (χ1) is 9.86. The molecule has 0 fully saturated rings. The summed E-state index contributed by atoms with van der Waals surface area (Å²) < 4.78 is 0. The van der Waals surface area contributed by atoms with Gasteiger partial charge in [-0.25, -0.2) is 0 Å². The Kier molecular flexibility index (Phi) is 5.94. The maximum atomic E-state index is 12.5. The normalized spacial score (nSPS) is 9.57. The third-order valence-corrected chi connectivity index (χ3v) is 2.95. The Balaban J connectivity index is 3.04. The number of hydrogen-bond acceptors (Lipinski definition) is 3. The Morgan fingerprint density at radius 2 is 1.90 bits per heavy atom. The fraction of sp³-hybridized carbons (Fsp3) is 0.375. The largest absolute Gasteiger partial charge is 0.347 e. The molecule has 0 bridgehead atoms. The molecule has 5 heteroatoms. The highest BCUT2D eigenvalue weighted by Crippen LogP contribution is 2.13. The van der Waals surface area contributed by atoms with Crippen LogP contribution in [0.3, 0.4) is 0 Å². The fourth-order valence-electron chi connectivity index (χ4n) is 1.72. The van der Waals surface area contributed by atoms with Gasteiger partial charge in [0.15, 0.2) is 0 Å². The van der Waals surface area contributed by atoms with Crippen LogP contribution < -0.4 is 5.73 Å². The molecular weight excluding hydrogens is 266 g/mol. The summed E-state index contributed by atoms with van der Waals surface area (Å²) in [5.41, 5.74) is 7.51. The van der Waals surface area contributed by atoms with Crippen molar-refractivity contribution in [2.24, 2.45) is 5.73 Å². The first kappa shape index (κ1) is 16.7. The van der Waals surface area contributed by atoms with E-state index in [1.165, 1.54) is 9.80 Å². The minimum atomic E-state index is -0.230. The van der Waals surface area contributed by atoms with Crippen molar-refractivity contribution < 1.29 is 9.59 Å². The average Bonchev–Trinajstić information content (AvgIpc) is 2.44. The molecule has 1 aromatic carbocycles. The number of benzene rings is 1. The molecule has 0 aromatic heterocycles. The van der Waals surface area contributed by atoms with Gasteiger partial charge in [-0.05, 0) is 24.6 Å². The number of rotatable bonds is 3. The molecule has 5 nitrogen and oxygen atoms in total. The van der Waals surface area contributed by atoms with Crippen molar-refractivity contribution in [1.82, 2.24) is 9.80 Å². The molecule has 2 amide bonds. The summed E-state index contributed by atoms with van der Waals surface area (Å²) in [4.78, 5) is 27.0. The van der Waals surface area contributed by atoms with Crippen molar-refractivity contribution in [3.05, 3.63) is 34.9 Å². The summed E-state index contributed by atoms with van der Waals surface area (Å²) in [6.45, 7) is 2.20. The van der Waals surface area contributed by atoms with Gasteiger partial charge in [0.25, 0.3) is 5.91 Å². The van der Waals surface area contributed by atoms with Gasteiger partial charge < -0.3 is 15.5 Å². The highest BCUT2D eigenvalue weighted by atomic mass is 16.2. The minimum Gasteiger partial charge on any atom is -0.347 e. The van der Waals surface area contributed by atoms with Crippen LogP contribution in [0.4, 0.5) is 0 Å². The Bertz CT molecular complexity index is 597. The van der Waals surface area contributed by atoms with Gasteiger partial charge in [-0.2, -0.15) is 0 Å². The number of nitrogens with zero attached hydrogens (tertiary/aromatic N) is 2. The second-order valence-corrected chi connectivity index (χ2v) is 5.00. The molecule has 2 N–H and O–H groups in total. The molecule has 0 aliphatic rings. The lowest BCUT2D eigenvalue weighted by atomic mass is 10.0. The lowest BCUT2D eigenvalue weighted by Gasteiger charge is -2.20. The van der Waals surface area contributed by atoms with E-state index in [0.29, 0.717) is 11.1 Å². The van der Waals surface area contributed by atoms with E-state index in [4.69, 9.17) is 5.73 Å². The van der Waals surface area contributed by atoms with E-state index in [-0.39, 0.29) is 24.9 Å². The molecule has 1 rings (SSSR count). The van der Waals surface area contributed by atoms with Gasteiger partial charge >= 0.3 is 0 Å². The first-order valence-electron chi connectivity index (χ1n) is 6.62. The topological polar surface area (TPSA) is 66.6 Å². The van der Waals surface area contributed by atoms with Crippen LogP contribution in [-0.4, -0.2) is 55.8 Å². The Morgan fingerprint density at radius 3 is 2.48 bits per heavy atom. The van der Waals surface area contributed by atoms with Gasteiger partial charge in [-0.1, -0.05) is 17.9 Å². The lowest BCUT2D eigenvalue weighted by molar-refractivity contribution is -0.129. The second kappa shape index (κ2) is 7.46. The molecule has 0 saturated carbocycles. The molecule has 0 heterocycles. The van der Waals surface area contributed by atoms with E-state index in [2.05, 4.69) is 11.8 Å². The summed E-state index contributed by atoms with van der Waals surface area (Å²) in [6, 6.07) is 5.43. The second-order valence-electron chi connectivity index (χ2n) is 5.00. The zero-order valence-corrected chi connectivity index (χ0v) is 12.9. The SMILES string of the molecule is Cc1ccc(C(=O)N(C)CC(=O)N(C)C)c(C#CCN)c1. The van der Waals surface area contributed by atoms with Crippen LogP contribution in [0, 0.1) is 18.8 Å². The van der Waals surface area contributed by atoms with E-state index >= 15 is 0 Å². The van der Waals surface area contributed by atoms with Crippen LogP contribution in [0.2, 0.25) is 0 Å². The molecule has 0 atom stereocenters. The third kappa shape index (κ3) is 4.62. The summed E-state index contributed by atoms with van der Waals surface area (Å²) in [5, 5.41) is 0. The molecule has 0 radical (unpaired) electrons. The number of amides is 2. The van der Waals surface area contributed by atoms with Crippen molar-refractivity contribution in [3.63, 3.8) is 0 Å². The zero-order valence-electron chi connectivity index (χ0n) is 12.9. The number of likely N-dealkylation sites (N-methyl/N-ethyl adjacent to an activating group) is 2. The van der Waals surface area contributed by atoms with Gasteiger partial charge in [0, 0.05) is 26.7 Å². The minimum absolute atomic E-state index is 0.0312. The third-order valence-electron chi connectivity index (χ3n) is 2.95. The maximum Gasteiger partial charge on any atom is 0.255 e.